The Morgan fingerprint density at radius 3 is 2.71 bits per heavy atom. The number of aromatic amines is 1. The van der Waals surface area contributed by atoms with Gasteiger partial charge >= 0.3 is 5.69 Å². The van der Waals surface area contributed by atoms with Crippen molar-refractivity contribution >= 4 is 11.5 Å². The Kier molecular flexibility index (Phi) is 4.13. The van der Waals surface area contributed by atoms with Crippen LogP contribution in [-0.4, -0.2) is 27.8 Å². The number of hydrogen-bond donors (Lipinski definition) is 3. The van der Waals surface area contributed by atoms with Gasteiger partial charge in [-0.2, -0.15) is 0 Å². The molecule has 4 N–H and O–H groups in total. The molecule has 0 aromatic carbocycles. The SMILES string of the molecule is CC(C)Cn1c(N)c(NC2(C)CCOC2C)c(=O)[nH]c1=O. The van der Waals surface area contributed by atoms with Crippen molar-refractivity contribution in [3.63, 3.8) is 0 Å². The molecule has 1 aromatic rings. The minimum atomic E-state index is -0.488. The van der Waals surface area contributed by atoms with Gasteiger partial charge in [0.25, 0.3) is 5.56 Å². The lowest BCUT2D eigenvalue weighted by Crippen LogP contribution is -2.45. The van der Waals surface area contributed by atoms with Crippen LogP contribution in [0.25, 0.3) is 0 Å². The first kappa shape index (κ1) is 15.6. The lowest BCUT2D eigenvalue weighted by molar-refractivity contribution is 0.105. The maximum Gasteiger partial charge on any atom is 0.330 e. The van der Waals surface area contributed by atoms with Crippen LogP contribution in [0.3, 0.4) is 0 Å². The van der Waals surface area contributed by atoms with E-state index in [1.165, 1.54) is 4.57 Å². The maximum atomic E-state index is 12.1. The highest BCUT2D eigenvalue weighted by Gasteiger charge is 2.38. The lowest BCUT2D eigenvalue weighted by Gasteiger charge is -2.30. The minimum absolute atomic E-state index is 0.0400. The summed E-state index contributed by atoms with van der Waals surface area (Å²) < 4.78 is 6.96. The van der Waals surface area contributed by atoms with Crippen LogP contribution in [0.4, 0.5) is 11.5 Å². The summed E-state index contributed by atoms with van der Waals surface area (Å²) in [6.07, 6.45) is 0.734. The van der Waals surface area contributed by atoms with E-state index in [2.05, 4.69) is 10.3 Å². The van der Waals surface area contributed by atoms with Crippen molar-refractivity contribution in [2.75, 3.05) is 17.7 Å². The largest absolute Gasteiger partial charge is 0.383 e. The molecule has 118 valence electrons. The molecular formula is C14H24N4O3. The van der Waals surface area contributed by atoms with E-state index in [1.807, 2.05) is 27.7 Å². The Balaban J connectivity index is 2.44. The standard InChI is InChI=1S/C14H24N4O3/c1-8(2)7-18-11(15)10(12(19)16-13(18)20)17-14(4)5-6-21-9(14)3/h8-9,17H,5-7,15H2,1-4H3,(H,16,19,20). The minimum Gasteiger partial charge on any atom is -0.383 e. The van der Waals surface area contributed by atoms with Gasteiger partial charge in [0.15, 0.2) is 0 Å². The smallest absolute Gasteiger partial charge is 0.330 e. The second-order valence-corrected chi connectivity index (χ2v) is 6.33. The summed E-state index contributed by atoms with van der Waals surface area (Å²) in [5, 5.41) is 3.19. The van der Waals surface area contributed by atoms with Crippen molar-refractivity contribution < 1.29 is 4.74 Å². The number of nitrogens with two attached hydrogens (primary N) is 1. The second-order valence-electron chi connectivity index (χ2n) is 6.33. The number of nitrogen functional groups attached to an aromatic ring is 1. The topological polar surface area (TPSA) is 102 Å². The molecular weight excluding hydrogens is 272 g/mol. The molecule has 2 atom stereocenters. The predicted molar refractivity (Wildman–Crippen MR) is 82.6 cm³/mol. The number of nitrogens with one attached hydrogen (secondary N) is 2. The van der Waals surface area contributed by atoms with Crippen molar-refractivity contribution in [1.82, 2.24) is 9.55 Å². The zero-order chi connectivity index (χ0) is 15.8. The first-order valence-electron chi connectivity index (χ1n) is 7.27. The molecule has 21 heavy (non-hydrogen) atoms. The second kappa shape index (κ2) is 5.55. The normalized spacial score (nSPS) is 25.5. The van der Waals surface area contributed by atoms with Gasteiger partial charge in [0, 0.05) is 13.2 Å². The first-order valence-corrected chi connectivity index (χ1v) is 7.27. The van der Waals surface area contributed by atoms with Crippen molar-refractivity contribution in [3.05, 3.63) is 20.8 Å². The van der Waals surface area contributed by atoms with Crippen LogP contribution in [0.15, 0.2) is 9.59 Å². The molecule has 0 saturated carbocycles. The predicted octanol–water partition coefficient (Wildman–Crippen LogP) is 0.754. The van der Waals surface area contributed by atoms with E-state index in [4.69, 9.17) is 10.5 Å². The average molecular weight is 296 g/mol. The molecule has 1 saturated heterocycles. The van der Waals surface area contributed by atoms with Crippen molar-refractivity contribution in [2.45, 2.75) is 52.3 Å². The van der Waals surface area contributed by atoms with Gasteiger partial charge in [-0.3, -0.25) is 14.3 Å². The Labute approximate surface area is 123 Å². The molecule has 0 spiro atoms. The highest BCUT2D eigenvalue weighted by molar-refractivity contribution is 5.62. The highest BCUT2D eigenvalue weighted by Crippen LogP contribution is 2.29. The van der Waals surface area contributed by atoms with E-state index < -0.39 is 11.2 Å². The molecule has 1 aromatic heterocycles. The molecule has 1 fully saturated rings. The van der Waals surface area contributed by atoms with Crippen molar-refractivity contribution in [3.8, 4) is 0 Å². The molecule has 2 rings (SSSR count). The van der Waals surface area contributed by atoms with Crippen LogP contribution in [-0.2, 0) is 11.3 Å². The zero-order valence-corrected chi connectivity index (χ0v) is 13.0. The lowest BCUT2D eigenvalue weighted by atomic mass is 9.94. The van der Waals surface area contributed by atoms with E-state index in [0.29, 0.717) is 13.2 Å². The summed E-state index contributed by atoms with van der Waals surface area (Å²) in [6, 6.07) is 0. The highest BCUT2D eigenvalue weighted by atomic mass is 16.5. The molecule has 7 nitrogen and oxygen atoms in total. The first-order chi connectivity index (χ1) is 9.74. The third kappa shape index (κ3) is 2.97. The summed E-state index contributed by atoms with van der Waals surface area (Å²) >= 11 is 0. The van der Waals surface area contributed by atoms with Gasteiger partial charge in [-0.05, 0) is 26.2 Å². The molecule has 0 amide bonds. The quantitative estimate of drug-likeness (QED) is 0.761. The average Bonchev–Trinajstić information content (AvgIpc) is 2.70. The number of nitrogens with zero attached hydrogens (tertiary/aromatic N) is 1. The van der Waals surface area contributed by atoms with Crippen LogP contribution in [0.1, 0.15) is 34.1 Å². The summed E-state index contributed by atoms with van der Waals surface area (Å²) in [5.41, 5.74) is 4.96. The number of rotatable bonds is 4. The number of aromatic nitrogens is 2. The zero-order valence-electron chi connectivity index (χ0n) is 13.0. The summed E-state index contributed by atoms with van der Waals surface area (Å²) in [7, 11) is 0. The number of hydrogen-bond acceptors (Lipinski definition) is 5. The van der Waals surface area contributed by atoms with Crippen LogP contribution in [0.5, 0.6) is 0 Å². The van der Waals surface area contributed by atoms with Crippen LogP contribution >= 0.6 is 0 Å². The van der Waals surface area contributed by atoms with Crippen molar-refractivity contribution in [2.24, 2.45) is 5.92 Å². The molecule has 0 bridgehead atoms. The third-order valence-corrected chi connectivity index (χ3v) is 4.08. The van der Waals surface area contributed by atoms with E-state index >= 15 is 0 Å². The molecule has 2 heterocycles. The molecule has 0 radical (unpaired) electrons. The molecule has 7 heteroatoms. The summed E-state index contributed by atoms with van der Waals surface area (Å²) in [5.74, 6) is 0.422. The number of anilines is 2. The molecule has 2 unspecified atom stereocenters. The van der Waals surface area contributed by atoms with Gasteiger partial charge < -0.3 is 15.8 Å². The third-order valence-electron chi connectivity index (χ3n) is 4.08. The fraction of sp³-hybridized carbons (Fsp3) is 0.714. The summed E-state index contributed by atoms with van der Waals surface area (Å²) in [4.78, 5) is 26.3. The Bertz CT molecular complexity index is 634. The molecule has 1 aliphatic heterocycles. The summed E-state index contributed by atoms with van der Waals surface area (Å²) in [6.45, 7) is 9.00. The van der Waals surface area contributed by atoms with Crippen LogP contribution in [0.2, 0.25) is 0 Å². The van der Waals surface area contributed by atoms with Gasteiger partial charge in [-0.25, -0.2) is 4.79 Å². The Morgan fingerprint density at radius 2 is 2.19 bits per heavy atom. The van der Waals surface area contributed by atoms with E-state index in [1.54, 1.807) is 0 Å². The van der Waals surface area contributed by atoms with Crippen LogP contribution < -0.4 is 22.3 Å². The van der Waals surface area contributed by atoms with E-state index in [-0.39, 0.29) is 29.1 Å². The fourth-order valence-corrected chi connectivity index (χ4v) is 2.54. The molecule has 0 aliphatic carbocycles. The van der Waals surface area contributed by atoms with Gasteiger partial charge in [0.05, 0.1) is 11.6 Å². The maximum absolute atomic E-state index is 12.1. The van der Waals surface area contributed by atoms with Gasteiger partial charge in [-0.1, -0.05) is 13.8 Å². The van der Waals surface area contributed by atoms with Crippen LogP contribution in [0, 0.1) is 5.92 Å². The van der Waals surface area contributed by atoms with Gasteiger partial charge in [-0.15, -0.1) is 0 Å². The van der Waals surface area contributed by atoms with Gasteiger partial charge in [0.2, 0.25) is 0 Å². The Morgan fingerprint density at radius 1 is 1.52 bits per heavy atom. The molecule has 1 aliphatic rings. The Hall–Kier alpha value is -1.76. The van der Waals surface area contributed by atoms with E-state index in [9.17, 15) is 9.59 Å². The van der Waals surface area contributed by atoms with E-state index in [0.717, 1.165) is 6.42 Å². The van der Waals surface area contributed by atoms with Gasteiger partial charge in [0.1, 0.15) is 11.5 Å². The fourth-order valence-electron chi connectivity index (χ4n) is 2.54. The monoisotopic (exact) mass is 296 g/mol. The number of ether oxygens (including phenoxy) is 1. The number of H-pyrrole nitrogens is 1. The van der Waals surface area contributed by atoms with Crippen molar-refractivity contribution in [1.29, 1.82) is 0 Å².